The van der Waals surface area contributed by atoms with Gasteiger partial charge in [-0.05, 0) is 79.5 Å². The maximum atomic E-state index is 4.39. The van der Waals surface area contributed by atoms with Gasteiger partial charge in [-0.15, -0.1) is 16.4 Å². The molecular weight excluding hydrogens is 446 g/mol. The molecule has 0 aliphatic rings. The summed E-state index contributed by atoms with van der Waals surface area (Å²) in [6, 6.07) is 2.09. The van der Waals surface area contributed by atoms with E-state index in [-0.39, 0.29) is 0 Å². The average Bonchev–Trinajstić information content (AvgIpc) is 3.04. The number of halogens is 2. The molecule has 3 aromatic rings. The van der Waals surface area contributed by atoms with E-state index in [4.69, 9.17) is 0 Å². The van der Waals surface area contributed by atoms with Crippen molar-refractivity contribution in [1.29, 1.82) is 0 Å². The number of thiazole rings is 1. The zero-order valence-corrected chi connectivity index (χ0v) is 15.9. The lowest BCUT2D eigenvalue weighted by Gasteiger charge is -1.98. The van der Waals surface area contributed by atoms with Gasteiger partial charge in [0.1, 0.15) is 13.4 Å². The van der Waals surface area contributed by atoms with Gasteiger partial charge in [-0.2, -0.15) is 4.68 Å². The van der Waals surface area contributed by atoms with Gasteiger partial charge in [0.25, 0.3) is 0 Å². The monoisotopic (exact) mass is 451 g/mol. The third-order valence-electron chi connectivity index (χ3n) is 2.51. The van der Waals surface area contributed by atoms with Crippen molar-refractivity contribution in [3.8, 4) is 5.00 Å². The first-order chi connectivity index (χ1) is 9.54. The van der Waals surface area contributed by atoms with E-state index in [1.165, 1.54) is 22.2 Å². The molecule has 0 radical (unpaired) electrons. The number of nitrogens with zero attached hydrogens (tertiary/aromatic N) is 5. The van der Waals surface area contributed by atoms with Gasteiger partial charge in [0.15, 0.2) is 4.34 Å². The maximum Gasteiger partial charge on any atom is 0.221 e. The molecule has 0 atom stereocenters. The lowest BCUT2D eigenvalue weighted by molar-refractivity contribution is 0.767. The van der Waals surface area contributed by atoms with Crippen LogP contribution in [0.4, 0.5) is 0 Å². The van der Waals surface area contributed by atoms with Gasteiger partial charge in [0.2, 0.25) is 5.16 Å². The van der Waals surface area contributed by atoms with Gasteiger partial charge in [0.05, 0.1) is 0 Å². The molecule has 3 heterocycles. The van der Waals surface area contributed by atoms with Crippen molar-refractivity contribution in [2.75, 3.05) is 0 Å². The summed E-state index contributed by atoms with van der Waals surface area (Å²) < 4.78 is 4.39. The molecule has 0 aliphatic heterocycles. The zero-order valence-electron chi connectivity index (χ0n) is 10.3. The molecule has 0 saturated heterocycles. The van der Waals surface area contributed by atoms with Crippen molar-refractivity contribution in [3.63, 3.8) is 0 Å². The van der Waals surface area contributed by atoms with Crippen LogP contribution in [0.5, 0.6) is 0 Å². The van der Waals surface area contributed by atoms with Crippen LogP contribution in [0.25, 0.3) is 5.00 Å². The van der Waals surface area contributed by atoms with E-state index in [9.17, 15) is 0 Å². The Morgan fingerprint density at radius 3 is 2.65 bits per heavy atom. The smallest absolute Gasteiger partial charge is 0.221 e. The Hall–Kier alpha value is -0.290. The zero-order chi connectivity index (χ0) is 14.3. The van der Waals surface area contributed by atoms with Gasteiger partial charge in [-0.25, -0.2) is 4.98 Å². The number of aryl methyl sites for hydroxylation is 2. The predicted octanol–water partition coefficient (Wildman–Crippen LogP) is 4.47. The van der Waals surface area contributed by atoms with Crippen LogP contribution in [0.3, 0.4) is 0 Å². The Kier molecular flexibility index (Phi) is 4.27. The molecule has 0 amide bonds. The molecular formula is C10H7Br2N5S3. The first-order valence-electron chi connectivity index (χ1n) is 5.40. The number of thiophene rings is 1. The quantitative estimate of drug-likeness (QED) is 0.586. The highest BCUT2D eigenvalue weighted by molar-refractivity contribution is 9.13. The van der Waals surface area contributed by atoms with E-state index in [1.54, 1.807) is 27.4 Å². The van der Waals surface area contributed by atoms with Gasteiger partial charge < -0.3 is 0 Å². The SMILES string of the molecule is Cc1cc(-n2nnnc2Sc2nc(Br)c(Br)s2)sc1C. The Morgan fingerprint density at radius 1 is 1.25 bits per heavy atom. The molecule has 10 heteroatoms. The van der Waals surface area contributed by atoms with Crippen LogP contribution in [-0.4, -0.2) is 25.2 Å². The van der Waals surface area contributed by atoms with E-state index in [2.05, 4.69) is 72.3 Å². The van der Waals surface area contributed by atoms with Crippen LogP contribution in [0.15, 0.2) is 24.0 Å². The van der Waals surface area contributed by atoms with Crippen LogP contribution >= 0.6 is 66.3 Å². The van der Waals surface area contributed by atoms with E-state index in [0.717, 1.165) is 17.7 Å². The Labute approximate surface area is 144 Å². The molecule has 0 bridgehead atoms. The van der Waals surface area contributed by atoms with Gasteiger partial charge >= 0.3 is 0 Å². The van der Waals surface area contributed by atoms with Gasteiger partial charge in [-0.1, -0.05) is 11.3 Å². The highest BCUT2D eigenvalue weighted by atomic mass is 79.9. The Bertz CT molecular complexity index is 724. The van der Waals surface area contributed by atoms with Crippen LogP contribution in [0.1, 0.15) is 10.4 Å². The Morgan fingerprint density at radius 2 is 2.05 bits per heavy atom. The molecule has 20 heavy (non-hydrogen) atoms. The minimum atomic E-state index is 0.708. The first-order valence-corrected chi connectivity index (χ1v) is 9.43. The minimum Gasteiger partial charge on any atom is -0.221 e. The van der Waals surface area contributed by atoms with E-state index in [1.807, 2.05) is 0 Å². The highest BCUT2D eigenvalue weighted by Crippen LogP contribution is 2.37. The fraction of sp³-hybridized carbons (Fsp3) is 0.200. The second-order valence-corrected chi connectivity index (χ2v) is 9.36. The topological polar surface area (TPSA) is 56.5 Å². The number of aromatic nitrogens is 5. The largest absolute Gasteiger partial charge is 0.221 e. The van der Waals surface area contributed by atoms with E-state index in [0.29, 0.717) is 5.16 Å². The van der Waals surface area contributed by atoms with E-state index < -0.39 is 0 Å². The minimum absolute atomic E-state index is 0.708. The van der Waals surface area contributed by atoms with Crippen molar-refractivity contribution >= 4 is 66.3 Å². The normalized spacial score (nSPS) is 11.2. The number of hydrogen-bond acceptors (Lipinski definition) is 7. The molecule has 0 aliphatic carbocycles. The Balaban J connectivity index is 1.94. The summed E-state index contributed by atoms with van der Waals surface area (Å²) in [4.78, 5) is 5.66. The summed E-state index contributed by atoms with van der Waals surface area (Å²) in [5.74, 6) is 0. The van der Waals surface area contributed by atoms with Crippen LogP contribution in [0, 0.1) is 13.8 Å². The fourth-order valence-corrected chi connectivity index (χ4v) is 5.64. The van der Waals surface area contributed by atoms with Gasteiger partial charge in [0, 0.05) is 4.88 Å². The summed E-state index contributed by atoms with van der Waals surface area (Å²) >= 11 is 11.5. The molecule has 5 nitrogen and oxygen atoms in total. The molecule has 3 rings (SSSR count). The average molecular weight is 453 g/mol. The van der Waals surface area contributed by atoms with E-state index >= 15 is 0 Å². The summed E-state index contributed by atoms with van der Waals surface area (Å²) in [5, 5.41) is 13.6. The number of hydrogen-bond donors (Lipinski definition) is 0. The summed E-state index contributed by atoms with van der Waals surface area (Å²) in [5.41, 5.74) is 1.25. The summed E-state index contributed by atoms with van der Waals surface area (Å²) in [6.45, 7) is 4.18. The molecule has 0 aromatic carbocycles. The number of tetrazole rings is 1. The third-order valence-corrected chi connectivity index (χ3v) is 7.71. The molecule has 3 aromatic heterocycles. The predicted molar refractivity (Wildman–Crippen MR) is 88.1 cm³/mol. The second kappa shape index (κ2) is 5.84. The van der Waals surface area contributed by atoms with Crippen molar-refractivity contribution in [2.45, 2.75) is 23.3 Å². The molecule has 0 N–H and O–H groups in total. The van der Waals surface area contributed by atoms with Crippen molar-refractivity contribution in [1.82, 2.24) is 25.2 Å². The van der Waals surface area contributed by atoms with Crippen molar-refractivity contribution < 1.29 is 0 Å². The summed E-state index contributed by atoms with van der Waals surface area (Å²) in [6.07, 6.45) is 0. The third kappa shape index (κ3) is 2.84. The number of rotatable bonds is 3. The molecule has 104 valence electrons. The van der Waals surface area contributed by atoms with Crippen molar-refractivity contribution in [3.05, 3.63) is 24.9 Å². The standard InChI is InChI=1S/C10H7Br2N5S3/c1-4-3-6(18-5(4)2)17-9(14-15-16-17)20-10-13-7(11)8(12)19-10/h3H,1-2H3. The van der Waals surface area contributed by atoms with Crippen LogP contribution in [0.2, 0.25) is 0 Å². The second-order valence-electron chi connectivity index (χ2n) is 3.84. The highest BCUT2D eigenvalue weighted by Gasteiger charge is 2.16. The molecule has 0 saturated carbocycles. The lowest BCUT2D eigenvalue weighted by Crippen LogP contribution is -1.95. The molecule has 0 fully saturated rings. The lowest BCUT2D eigenvalue weighted by atomic mass is 10.3. The maximum absolute atomic E-state index is 4.39. The van der Waals surface area contributed by atoms with Crippen molar-refractivity contribution in [2.24, 2.45) is 0 Å². The van der Waals surface area contributed by atoms with Crippen LogP contribution in [-0.2, 0) is 0 Å². The summed E-state index contributed by atoms with van der Waals surface area (Å²) in [7, 11) is 0. The first kappa shape index (κ1) is 14.6. The van der Waals surface area contributed by atoms with Gasteiger partial charge in [-0.3, -0.25) is 0 Å². The fourth-order valence-electron chi connectivity index (χ4n) is 1.43. The molecule has 0 unspecified atom stereocenters. The molecule has 0 spiro atoms. The van der Waals surface area contributed by atoms with Crippen LogP contribution < -0.4 is 0 Å².